The number of hydrogen-bond donors (Lipinski definition) is 2. The first-order valence-corrected chi connectivity index (χ1v) is 6.32. The molecule has 0 radical (unpaired) electrons. The Balaban J connectivity index is 1.78. The number of nitrogens with one attached hydrogen (secondary N) is 2. The Morgan fingerprint density at radius 3 is 2.72 bits per heavy atom. The van der Waals surface area contributed by atoms with Crippen molar-refractivity contribution < 1.29 is 0 Å². The molecule has 1 aliphatic heterocycles. The highest BCUT2D eigenvalue weighted by molar-refractivity contribution is 5.84. The van der Waals surface area contributed by atoms with Crippen molar-refractivity contribution in [2.24, 2.45) is 0 Å². The maximum atomic E-state index is 3.61. The monoisotopic (exact) mass is 234 g/mol. The normalized spacial score (nSPS) is 17.7. The van der Waals surface area contributed by atoms with Crippen LogP contribution in [-0.4, -0.2) is 4.98 Å². The second-order valence-electron chi connectivity index (χ2n) is 4.85. The summed E-state index contributed by atoms with van der Waals surface area (Å²) < 4.78 is 0. The molecule has 0 bridgehead atoms. The van der Waals surface area contributed by atoms with Crippen LogP contribution < -0.4 is 5.32 Å². The first-order valence-electron chi connectivity index (χ1n) is 6.32. The number of rotatable bonds is 1. The fourth-order valence-electron chi connectivity index (χ4n) is 2.87. The number of benzene rings is 2. The number of fused-ring (bicyclic) bond motifs is 2. The van der Waals surface area contributed by atoms with Crippen LogP contribution in [0.25, 0.3) is 10.9 Å². The van der Waals surface area contributed by atoms with Gasteiger partial charge in [-0.15, -0.1) is 0 Å². The highest BCUT2D eigenvalue weighted by Crippen LogP contribution is 2.36. The molecule has 0 fully saturated rings. The standard InChI is InChI=1S/C16H14N2/c1-3-7-14-11(5-1)9-16(18-14)13-10-17-15-8-4-2-6-12(13)15/h1-8,10,16-18H,9H2. The number of H-pyrrole nitrogens is 1. The van der Waals surface area contributed by atoms with E-state index in [9.17, 15) is 0 Å². The molecule has 1 aliphatic rings. The minimum atomic E-state index is 0.388. The molecular weight excluding hydrogens is 220 g/mol. The highest BCUT2D eigenvalue weighted by atomic mass is 15.0. The summed E-state index contributed by atoms with van der Waals surface area (Å²) in [5, 5.41) is 4.93. The van der Waals surface area contributed by atoms with E-state index in [-0.39, 0.29) is 0 Å². The van der Waals surface area contributed by atoms with Gasteiger partial charge in [0.1, 0.15) is 0 Å². The average molecular weight is 234 g/mol. The fraction of sp³-hybridized carbons (Fsp3) is 0.125. The van der Waals surface area contributed by atoms with E-state index in [1.165, 1.54) is 27.7 Å². The van der Waals surface area contributed by atoms with E-state index in [1.54, 1.807) is 0 Å². The van der Waals surface area contributed by atoms with Gasteiger partial charge in [0.15, 0.2) is 0 Å². The van der Waals surface area contributed by atoms with Crippen molar-refractivity contribution in [3.63, 3.8) is 0 Å². The molecule has 18 heavy (non-hydrogen) atoms. The third-order valence-corrected chi connectivity index (χ3v) is 3.77. The van der Waals surface area contributed by atoms with Crippen molar-refractivity contribution >= 4 is 16.6 Å². The molecule has 2 nitrogen and oxygen atoms in total. The van der Waals surface area contributed by atoms with Gasteiger partial charge in [-0.25, -0.2) is 0 Å². The van der Waals surface area contributed by atoms with Crippen LogP contribution in [0.4, 0.5) is 5.69 Å². The van der Waals surface area contributed by atoms with E-state index in [0.29, 0.717) is 6.04 Å². The number of hydrogen-bond acceptors (Lipinski definition) is 1. The molecule has 2 heterocycles. The molecule has 3 aromatic rings. The lowest BCUT2D eigenvalue weighted by Crippen LogP contribution is -2.04. The second-order valence-corrected chi connectivity index (χ2v) is 4.85. The third kappa shape index (κ3) is 1.35. The summed E-state index contributed by atoms with van der Waals surface area (Å²) in [6, 6.07) is 17.4. The van der Waals surface area contributed by atoms with Crippen molar-refractivity contribution in [3.05, 3.63) is 65.9 Å². The van der Waals surface area contributed by atoms with Crippen molar-refractivity contribution in [1.29, 1.82) is 0 Å². The molecule has 0 spiro atoms. The third-order valence-electron chi connectivity index (χ3n) is 3.77. The summed E-state index contributed by atoms with van der Waals surface area (Å²) in [7, 11) is 0. The van der Waals surface area contributed by atoms with Gasteiger partial charge in [-0.05, 0) is 29.7 Å². The van der Waals surface area contributed by atoms with E-state index in [0.717, 1.165) is 6.42 Å². The topological polar surface area (TPSA) is 27.8 Å². The van der Waals surface area contributed by atoms with Crippen molar-refractivity contribution in [3.8, 4) is 0 Å². The molecule has 2 heteroatoms. The number of para-hydroxylation sites is 2. The largest absolute Gasteiger partial charge is 0.378 e. The van der Waals surface area contributed by atoms with Crippen LogP contribution >= 0.6 is 0 Å². The van der Waals surface area contributed by atoms with Crippen molar-refractivity contribution in [2.45, 2.75) is 12.5 Å². The Labute approximate surface area is 106 Å². The zero-order valence-corrected chi connectivity index (χ0v) is 9.98. The van der Waals surface area contributed by atoms with Gasteiger partial charge in [-0.2, -0.15) is 0 Å². The van der Waals surface area contributed by atoms with Gasteiger partial charge in [-0.1, -0.05) is 36.4 Å². The summed E-state index contributed by atoms with van der Waals surface area (Å²) in [5.41, 5.74) is 5.26. The van der Waals surface area contributed by atoms with Gasteiger partial charge in [0, 0.05) is 22.8 Å². The van der Waals surface area contributed by atoms with Gasteiger partial charge in [0.25, 0.3) is 0 Å². The summed E-state index contributed by atoms with van der Waals surface area (Å²) in [4.78, 5) is 3.35. The predicted octanol–water partition coefficient (Wildman–Crippen LogP) is 3.88. The Bertz CT molecular complexity index is 687. The molecule has 1 aromatic heterocycles. The number of anilines is 1. The van der Waals surface area contributed by atoms with Crippen LogP contribution in [0.2, 0.25) is 0 Å². The van der Waals surface area contributed by atoms with Crippen LogP contribution in [0, 0.1) is 0 Å². The fourth-order valence-corrected chi connectivity index (χ4v) is 2.87. The van der Waals surface area contributed by atoms with Gasteiger partial charge < -0.3 is 10.3 Å². The molecule has 88 valence electrons. The van der Waals surface area contributed by atoms with Crippen LogP contribution in [-0.2, 0) is 6.42 Å². The molecule has 4 rings (SSSR count). The molecule has 0 aliphatic carbocycles. The Hall–Kier alpha value is -2.22. The lowest BCUT2D eigenvalue weighted by Gasteiger charge is -2.10. The minimum Gasteiger partial charge on any atom is -0.378 e. The van der Waals surface area contributed by atoms with Crippen LogP contribution in [0.5, 0.6) is 0 Å². The molecular formula is C16H14N2. The lowest BCUT2D eigenvalue weighted by atomic mass is 10.0. The molecule has 0 saturated carbocycles. The van der Waals surface area contributed by atoms with Gasteiger partial charge in [0.05, 0.1) is 6.04 Å². The summed E-state index contributed by atoms with van der Waals surface area (Å²) in [5.74, 6) is 0. The van der Waals surface area contributed by atoms with Crippen molar-refractivity contribution in [1.82, 2.24) is 4.98 Å². The maximum absolute atomic E-state index is 3.61. The first-order chi connectivity index (χ1) is 8.92. The molecule has 0 saturated heterocycles. The highest BCUT2D eigenvalue weighted by Gasteiger charge is 2.23. The predicted molar refractivity (Wildman–Crippen MR) is 74.8 cm³/mol. The van der Waals surface area contributed by atoms with E-state index in [2.05, 4.69) is 65.0 Å². The quantitative estimate of drug-likeness (QED) is 0.657. The van der Waals surface area contributed by atoms with Crippen LogP contribution in [0.3, 0.4) is 0 Å². The van der Waals surface area contributed by atoms with E-state index in [4.69, 9.17) is 0 Å². The van der Waals surface area contributed by atoms with E-state index < -0.39 is 0 Å². The first kappa shape index (κ1) is 9.77. The summed E-state index contributed by atoms with van der Waals surface area (Å²) in [6.07, 6.45) is 3.20. The zero-order chi connectivity index (χ0) is 11.9. The van der Waals surface area contributed by atoms with Crippen LogP contribution in [0.15, 0.2) is 54.7 Å². The SMILES string of the molecule is c1ccc2c(c1)CC(c1c[nH]c3ccccc13)N2. The molecule has 1 unspecified atom stereocenters. The van der Waals surface area contributed by atoms with Gasteiger partial charge >= 0.3 is 0 Å². The summed E-state index contributed by atoms with van der Waals surface area (Å²) in [6.45, 7) is 0. The zero-order valence-electron chi connectivity index (χ0n) is 9.98. The van der Waals surface area contributed by atoms with E-state index >= 15 is 0 Å². The maximum Gasteiger partial charge on any atom is 0.0576 e. The second kappa shape index (κ2) is 3.64. The van der Waals surface area contributed by atoms with Gasteiger partial charge in [0.2, 0.25) is 0 Å². The van der Waals surface area contributed by atoms with Crippen LogP contribution in [0.1, 0.15) is 17.2 Å². The van der Waals surface area contributed by atoms with Crippen molar-refractivity contribution in [2.75, 3.05) is 5.32 Å². The Morgan fingerprint density at radius 1 is 0.944 bits per heavy atom. The minimum absolute atomic E-state index is 0.388. The van der Waals surface area contributed by atoms with E-state index in [1.807, 2.05) is 0 Å². The average Bonchev–Trinajstić information content (AvgIpc) is 3.02. The molecule has 0 amide bonds. The smallest absolute Gasteiger partial charge is 0.0576 e. The van der Waals surface area contributed by atoms with Gasteiger partial charge in [-0.3, -0.25) is 0 Å². The number of aromatic amines is 1. The Morgan fingerprint density at radius 2 is 1.78 bits per heavy atom. The molecule has 2 aromatic carbocycles. The molecule has 2 N–H and O–H groups in total. The molecule has 1 atom stereocenters. The number of aromatic nitrogens is 1. The summed E-state index contributed by atoms with van der Waals surface area (Å²) >= 11 is 0. The Kier molecular flexibility index (Phi) is 1.97. The lowest BCUT2D eigenvalue weighted by molar-refractivity contribution is 0.832.